The number of rotatable bonds is 5. The molecule has 1 aromatic rings. The predicted molar refractivity (Wildman–Crippen MR) is 78.1 cm³/mol. The van der Waals surface area contributed by atoms with Crippen LogP contribution in [0.5, 0.6) is 0 Å². The van der Waals surface area contributed by atoms with Crippen LogP contribution in [0.15, 0.2) is 11.4 Å². The zero-order chi connectivity index (χ0) is 15.0. The van der Waals surface area contributed by atoms with Crippen LogP contribution in [0.1, 0.15) is 23.8 Å². The summed E-state index contributed by atoms with van der Waals surface area (Å²) in [4.78, 5) is 24.9. The summed E-state index contributed by atoms with van der Waals surface area (Å²) < 4.78 is 0. The number of nitrogens with zero attached hydrogens (tertiary/aromatic N) is 1. The highest BCUT2D eigenvalue weighted by Gasteiger charge is 2.10. The number of likely N-dealkylation sites (N-methyl/N-ethyl adjacent to an activating group) is 1. The van der Waals surface area contributed by atoms with Gasteiger partial charge in [-0.15, -0.1) is 11.3 Å². The first-order valence-electron chi connectivity index (χ1n) is 6.18. The minimum absolute atomic E-state index is 0.0130. The number of aliphatic hydroxyl groups is 1. The van der Waals surface area contributed by atoms with Gasteiger partial charge in [0, 0.05) is 26.9 Å². The molecular weight excluding hydrogens is 276 g/mol. The van der Waals surface area contributed by atoms with Gasteiger partial charge in [-0.1, -0.05) is 11.8 Å². The van der Waals surface area contributed by atoms with Crippen molar-refractivity contribution >= 4 is 23.2 Å². The minimum atomic E-state index is -0.219. The number of amides is 2. The molecular formula is C14H18N2O3S. The molecule has 0 saturated heterocycles. The largest absolute Gasteiger partial charge is 0.395 e. The zero-order valence-corrected chi connectivity index (χ0v) is 12.4. The molecule has 1 heterocycles. The van der Waals surface area contributed by atoms with Crippen molar-refractivity contribution in [2.45, 2.75) is 19.9 Å². The molecule has 0 aromatic carbocycles. The van der Waals surface area contributed by atoms with Crippen molar-refractivity contribution in [2.24, 2.45) is 0 Å². The third-order valence-corrected chi connectivity index (χ3v) is 3.33. The molecule has 20 heavy (non-hydrogen) atoms. The lowest BCUT2D eigenvalue weighted by atomic mass is 10.3. The monoisotopic (exact) mass is 294 g/mol. The van der Waals surface area contributed by atoms with Crippen molar-refractivity contribution in [1.82, 2.24) is 10.2 Å². The number of aliphatic hydroxyl groups excluding tert-OH is 1. The van der Waals surface area contributed by atoms with Gasteiger partial charge in [0.05, 0.1) is 18.0 Å². The van der Waals surface area contributed by atoms with Crippen LogP contribution >= 0.6 is 11.3 Å². The van der Waals surface area contributed by atoms with Crippen LogP contribution in [-0.2, 0) is 16.1 Å². The molecule has 0 radical (unpaired) electrons. The Balaban J connectivity index is 2.50. The number of hydrogen-bond donors (Lipinski definition) is 2. The van der Waals surface area contributed by atoms with Gasteiger partial charge < -0.3 is 15.3 Å². The van der Waals surface area contributed by atoms with Crippen LogP contribution in [0.2, 0.25) is 0 Å². The van der Waals surface area contributed by atoms with Crippen molar-refractivity contribution in [3.05, 3.63) is 21.9 Å². The van der Waals surface area contributed by atoms with E-state index in [1.807, 2.05) is 11.4 Å². The average molecular weight is 294 g/mol. The summed E-state index contributed by atoms with van der Waals surface area (Å²) in [5, 5.41) is 13.1. The second kappa shape index (κ2) is 8.35. The fraction of sp³-hybridized carbons (Fsp3) is 0.429. The Labute approximate surface area is 122 Å². The molecule has 0 bridgehead atoms. The third kappa shape index (κ3) is 5.87. The molecule has 1 rings (SSSR count). The number of nitrogens with one attached hydrogen (secondary N) is 1. The maximum atomic E-state index is 11.7. The van der Waals surface area contributed by atoms with Gasteiger partial charge in [0.25, 0.3) is 0 Å². The summed E-state index contributed by atoms with van der Waals surface area (Å²) >= 11 is 1.51. The molecule has 0 fully saturated rings. The SMILES string of the molecule is CC(=O)NCC(=O)N(C)Cc1csc(C#CCCO)c1. The molecule has 0 saturated carbocycles. The third-order valence-electron chi connectivity index (χ3n) is 2.44. The molecule has 0 unspecified atom stereocenters. The van der Waals surface area contributed by atoms with Crippen LogP contribution in [0.4, 0.5) is 0 Å². The van der Waals surface area contributed by atoms with Crippen LogP contribution < -0.4 is 5.32 Å². The van der Waals surface area contributed by atoms with Gasteiger partial charge in [-0.25, -0.2) is 0 Å². The van der Waals surface area contributed by atoms with Gasteiger partial charge in [-0.05, 0) is 17.0 Å². The Morgan fingerprint density at radius 2 is 2.25 bits per heavy atom. The van der Waals surface area contributed by atoms with Crippen molar-refractivity contribution in [3.8, 4) is 11.8 Å². The standard InChI is InChI=1S/C14H18N2O3S/c1-11(18)15-8-14(19)16(2)9-12-7-13(20-10-12)5-3-4-6-17/h7,10,17H,4,6,8-9H2,1-2H3,(H,15,18). The van der Waals surface area contributed by atoms with Crippen molar-refractivity contribution in [3.63, 3.8) is 0 Å². The van der Waals surface area contributed by atoms with E-state index in [1.165, 1.54) is 18.3 Å². The molecule has 1 aromatic heterocycles. The van der Waals surface area contributed by atoms with Gasteiger partial charge in [0.15, 0.2) is 0 Å². The Morgan fingerprint density at radius 3 is 2.90 bits per heavy atom. The summed E-state index contributed by atoms with van der Waals surface area (Å²) in [6.45, 7) is 1.94. The molecule has 5 nitrogen and oxygen atoms in total. The predicted octanol–water partition coefficient (Wildman–Crippen LogP) is 0.577. The van der Waals surface area contributed by atoms with E-state index in [4.69, 9.17) is 5.11 Å². The second-order valence-electron chi connectivity index (χ2n) is 4.25. The highest BCUT2D eigenvalue weighted by molar-refractivity contribution is 7.10. The fourth-order valence-corrected chi connectivity index (χ4v) is 2.20. The molecule has 0 atom stereocenters. The lowest BCUT2D eigenvalue weighted by Gasteiger charge is -2.16. The fourth-order valence-electron chi connectivity index (χ4n) is 1.43. The first kappa shape index (κ1) is 16.2. The lowest BCUT2D eigenvalue weighted by Crippen LogP contribution is -2.36. The number of thiophene rings is 1. The van der Waals surface area contributed by atoms with E-state index in [-0.39, 0.29) is 25.0 Å². The van der Waals surface area contributed by atoms with Crippen molar-refractivity contribution in [2.75, 3.05) is 20.2 Å². The summed E-state index contributed by atoms with van der Waals surface area (Å²) in [6, 6.07) is 1.93. The van der Waals surface area contributed by atoms with Gasteiger partial charge in [-0.3, -0.25) is 9.59 Å². The van der Waals surface area contributed by atoms with E-state index < -0.39 is 0 Å². The number of carbonyl (C=O) groups is 2. The summed E-state index contributed by atoms with van der Waals surface area (Å²) in [7, 11) is 1.69. The quantitative estimate of drug-likeness (QED) is 0.780. The summed E-state index contributed by atoms with van der Waals surface area (Å²) in [6.07, 6.45) is 0.461. The van der Waals surface area contributed by atoms with E-state index in [0.717, 1.165) is 10.4 Å². The van der Waals surface area contributed by atoms with Crippen LogP contribution in [-0.4, -0.2) is 42.0 Å². The first-order chi connectivity index (χ1) is 9.52. The highest BCUT2D eigenvalue weighted by atomic mass is 32.1. The van der Waals surface area contributed by atoms with Gasteiger partial charge in [0.2, 0.25) is 11.8 Å². The van der Waals surface area contributed by atoms with E-state index >= 15 is 0 Å². The second-order valence-corrected chi connectivity index (χ2v) is 5.17. The number of carbonyl (C=O) groups excluding carboxylic acids is 2. The van der Waals surface area contributed by atoms with Crippen LogP contribution in [0.25, 0.3) is 0 Å². The van der Waals surface area contributed by atoms with Gasteiger partial charge >= 0.3 is 0 Å². The Morgan fingerprint density at radius 1 is 1.50 bits per heavy atom. The topological polar surface area (TPSA) is 69.6 Å². The highest BCUT2D eigenvalue weighted by Crippen LogP contribution is 2.15. The maximum Gasteiger partial charge on any atom is 0.242 e. The van der Waals surface area contributed by atoms with E-state index in [0.29, 0.717) is 13.0 Å². The molecule has 0 aliphatic heterocycles. The molecule has 6 heteroatoms. The lowest BCUT2D eigenvalue weighted by molar-refractivity contribution is -0.131. The minimum Gasteiger partial charge on any atom is -0.395 e. The zero-order valence-electron chi connectivity index (χ0n) is 11.6. The molecule has 0 aliphatic carbocycles. The molecule has 0 aliphatic rings. The molecule has 108 valence electrons. The smallest absolute Gasteiger partial charge is 0.242 e. The summed E-state index contributed by atoms with van der Waals surface area (Å²) in [5.41, 5.74) is 1.00. The average Bonchev–Trinajstić information content (AvgIpc) is 2.83. The molecule has 0 spiro atoms. The van der Waals surface area contributed by atoms with Crippen LogP contribution in [0.3, 0.4) is 0 Å². The van der Waals surface area contributed by atoms with E-state index in [9.17, 15) is 9.59 Å². The molecule has 2 amide bonds. The van der Waals surface area contributed by atoms with E-state index in [1.54, 1.807) is 11.9 Å². The van der Waals surface area contributed by atoms with Gasteiger partial charge in [0.1, 0.15) is 0 Å². The first-order valence-corrected chi connectivity index (χ1v) is 7.06. The normalized spacial score (nSPS) is 9.55. The van der Waals surface area contributed by atoms with Gasteiger partial charge in [-0.2, -0.15) is 0 Å². The maximum absolute atomic E-state index is 11.7. The molecule has 2 N–H and O–H groups in total. The van der Waals surface area contributed by atoms with Crippen LogP contribution in [0, 0.1) is 11.8 Å². The van der Waals surface area contributed by atoms with Crippen molar-refractivity contribution in [1.29, 1.82) is 0 Å². The summed E-state index contributed by atoms with van der Waals surface area (Å²) in [5.74, 6) is 5.45. The Bertz CT molecular complexity index is 528. The Hall–Kier alpha value is -1.84. The Kier molecular flexibility index (Phi) is 6.77. The van der Waals surface area contributed by atoms with E-state index in [2.05, 4.69) is 17.2 Å². The number of hydrogen-bond acceptors (Lipinski definition) is 4. The van der Waals surface area contributed by atoms with Crippen molar-refractivity contribution < 1.29 is 14.7 Å².